The molecule has 0 spiro atoms. The molecule has 0 radical (unpaired) electrons. The molecule has 108 valence electrons. The van der Waals surface area contributed by atoms with Crippen LogP contribution in [-0.4, -0.2) is 19.9 Å². The average Bonchev–Trinajstić information content (AvgIpc) is 2.95. The van der Waals surface area contributed by atoms with Gasteiger partial charge in [0.25, 0.3) is 5.56 Å². The Kier molecular flexibility index (Phi) is 3.16. The number of rotatable bonds is 3. The molecule has 0 fully saturated rings. The van der Waals surface area contributed by atoms with E-state index in [1.54, 1.807) is 0 Å². The standard InChI is InChI=1S/C16H12N4OS/c21-15-16(20-13-8-4-3-7-12(13)19-15)22-9-14-17-10-5-1-2-6-11(10)18-14/h1-8H,9H2,(H,17,18)(H,19,21). The average molecular weight is 308 g/mol. The van der Waals surface area contributed by atoms with E-state index in [4.69, 9.17) is 0 Å². The molecule has 6 heteroatoms. The molecule has 0 saturated heterocycles. The highest BCUT2D eigenvalue weighted by molar-refractivity contribution is 7.98. The number of hydrogen-bond donors (Lipinski definition) is 2. The van der Waals surface area contributed by atoms with Gasteiger partial charge in [0.05, 0.1) is 27.8 Å². The molecular weight excluding hydrogens is 296 g/mol. The molecule has 2 aromatic heterocycles. The second-order valence-electron chi connectivity index (χ2n) is 4.88. The molecular formula is C16H12N4OS. The Balaban J connectivity index is 1.63. The van der Waals surface area contributed by atoms with Crippen molar-refractivity contribution in [2.24, 2.45) is 0 Å². The third kappa shape index (κ3) is 2.37. The first-order valence-electron chi connectivity index (χ1n) is 6.85. The fourth-order valence-electron chi connectivity index (χ4n) is 2.32. The number of H-pyrrole nitrogens is 2. The van der Waals surface area contributed by atoms with E-state index in [1.165, 1.54) is 11.8 Å². The van der Waals surface area contributed by atoms with Gasteiger partial charge in [-0.2, -0.15) is 0 Å². The maximum atomic E-state index is 12.1. The van der Waals surface area contributed by atoms with Crippen molar-refractivity contribution < 1.29 is 0 Å². The van der Waals surface area contributed by atoms with Crippen molar-refractivity contribution in [1.82, 2.24) is 19.9 Å². The van der Waals surface area contributed by atoms with Crippen LogP contribution in [0.1, 0.15) is 5.82 Å². The maximum absolute atomic E-state index is 12.1. The van der Waals surface area contributed by atoms with Gasteiger partial charge in [-0.05, 0) is 24.3 Å². The van der Waals surface area contributed by atoms with E-state index in [2.05, 4.69) is 19.9 Å². The molecule has 0 aliphatic carbocycles. The molecule has 2 heterocycles. The lowest BCUT2D eigenvalue weighted by atomic mass is 10.3. The number of thioether (sulfide) groups is 1. The first-order chi connectivity index (χ1) is 10.8. The molecule has 0 unspecified atom stereocenters. The molecule has 4 aromatic rings. The molecule has 2 aromatic carbocycles. The van der Waals surface area contributed by atoms with Crippen molar-refractivity contribution in [1.29, 1.82) is 0 Å². The molecule has 0 amide bonds. The second-order valence-corrected chi connectivity index (χ2v) is 5.84. The van der Waals surface area contributed by atoms with E-state index < -0.39 is 0 Å². The van der Waals surface area contributed by atoms with E-state index in [0.717, 1.165) is 27.9 Å². The molecule has 0 saturated carbocycles. The molecule has 2 N–H and O–H groups in total. The number of benzene rings is 2. The Morgan fingerprint density at radius 3 is 2.23 bits per heavy atom. The number of aromatic amines is 2. The zero-order chi connectivity index (χ0) is 14.9. The normalized spacial score (nSPS) is 11.3. The van der Waals surface area contributed by atoms with Crippen molar-refractivity contribution in [3.63, 3.8) is 0 Å². The monoisotopic (exact) mass is 308 g/mol. The third-order valence-electron chi connectivity index (χ3n) is 3.35. The lowest BCUT2D eigenvalue weighted by Gasteiger charge is -2.01. The van der Waals surface area contributed by atoms with Gasteiger partial charge in [0, 0.05) is 0 Å². The summed E-state index contributed by atoms with van der Waals surface area (Å²) in [6, 6.07) is 15.4. The van der Waals surface area contributed by atoms with Crippen LogP contribution in [0.4, 0.5) is 0 Å². The summed E-state index contributed by atoms with van der Waals surface area (Å²) in [4.78, 5) is 27.1. The van der Waals surface area contributed by atoms with Crippen LogP contribution in [0.15, 0.2) is 58.4 Å². The predicted molar refractivity (Wildman–Crippen MR) is 88.0 cm³/mol. The minimum atomic E-state index is -0.167. The number of fused-ring (bicyclic) bond motifs is 2. The van der Waals surface area contributed by atoms with E-state index in [9.17, 15) is 4.79 Å². The Morgan fingerprint density at radius 2 is 1.50 bits per heavy atom. The minimum absolute atomic E-state index is 0.167. The highest BCUT2D eigenvalue weighted by atomic mass is 32.2. The smallest absolute Gasteiger partial charge is 0.280 e. The number of nitrogens with one attached hydrogen (secondary N) is 2. The van der Waals surface area contributed by atoms with Gasteiger partial charge >= 0.3 is 0 Å². The Labute approximate surface area is 129 Å². The van der Waals surface area contributed by atoms with Gasteiger partial charge in [0.15, 0.2) is 5.03 Å². The van der Waals surface area contributed by atoms with Crippen LogP contribution in [-0.2, 0) is 5.75 Å². The molecule has 0 aliphatic rings. The van der Waals surface area contributed by atoms with Crippen molar-refractivity contribution in [2.75, 3.05) is 0 Å². The van der Waals surface area contributed by atoms with Gasteiger partial charge in [0.2, 0.25) is 0 Å². The number of nitrogens with zero attached hydrogens (tertiary/aromatic N) is 2. The van der Waals surface area contributed by atoms with Gasteiger partial charge in [-0.25, -0.2) is 9.97 Å². The van der Waals surface area contributed by atoms with Crippen LogP contribution in [0.5, 0.6) is 0 Å². The third-order valence-corrected chi connectivity index (χ3v) is 4.32. The summed E-state index contributed by atoms with van der Waals surface area (Å²) in [7, 11) is 0. The summed E-state index contributed by atoms with van der Waals surface area (Å²) in [5.41, 5.74) is 3.30. The summed E-state index contributed by atoms with van der Waals surface area (Å²) in [6.07, 6.45) is 0. The summed E-state index contributed by atoms with van der Waals surface area (Å²) in [5.74, 6) is 1.41. The van der Waals surface area contributed by atoms with Crippen LogP contribution in [0.2, 0.25) is 0 Å². The van der Waals surface area contributed by atoms with Crippen LogP contribution in [0, 0.1) is 0 Å². The lowest BCUT2D eigenvalue weighted by molar-refractivity contribution is 1.05. The Bertz CT molecular complexity index is 988. The van der Waals surface area contributed by atoms with E-state index in [-0.39, 0.29) is 5.56 Å². The topological polar surface area (TPSA) is 74.4 Å². The highest BCUT2D eigenvalue weighted by Crippen LogP contribution is 2.20. The van der Waals surface area contributed by atoms with Gasteiger partial charge < -0.3 is 9.97 Å². The minimum Gasteiger partial charge on any atom is -0.341 e. The van der Waals surface area contributed by atoms with Crippen molar-refractivity contribution in [2.45, 2.75) is 10.8 Å². The van der Waals surface area contributed by atoms with E-state index >= 15 is 0 Å². The fourth-order valence-corrected chi connectivity index (χ4v) is 3.08. The Hall–Kier alpha value is -2.60. The largest absolute Gasteiger partial charge is 0.341 e. The first kappa shape index (κ1) is 13.1. The second kappa shape index (κ2) is 5.31. The van der Waals surface area contributed by atoms with E-state index in [0.29, 0.717) is 10.8 Å². The van der Waals surface area contributed by atoms with Crippen LogP contribution in [0.25, 0.3) is 22.1 Å². The van der Waals surface area contributed by atoms with Gasteiger partial charge in [-0.3, -0.25) is 4.79 Å². The molecule has 22 heavy (non-hydrogen) atoms. The lowest BCUT2D eigenvalue weighted by Crippen LogP contribution is -2.10. The van der Waals surface area contributed by atoms with Gasteiger partial charge in [-0.1, -0.05) is 36.0 Å². The molecule has 0 bridgehead atoms. The van der Waals surface area contributed by atoms with Crippen LogP contribution in [0.3, 0.4) is 0 Å². The van der Waals surface area contributed by atoms with Crippen LogP contribution >= 0.6 is 11.8 Å². The summed E-state index contributed by atoms with van der Waals surface area (Å²) in [5, 5.41) is 0.458. The number of para-hydroxylation sites is 4. The van der Waals surface area contributed by atoms with Crippen molar-refractivity contribution in [3.8, 4) is 0 Å². The van der Waals surface area contributed by atoms with Gasteiger partial charge in [-0.15, -0.1) is 0 Å². The highest BCUT2D eigenvalue weighted by Gasteiger charge is 2.08. The zero-order valence-corrected chi connectivity index (χ0v) is 12.4. The summed E-state index contributed by atoms with van der Waals surface area (Å²) in [6.45, 7) is 0. The van der Waals surface area contributed by atoms with Gasteiger partial charge in [0.1, 0.15) is 5.82 Å². The van der Waals surface area contributed by atoms with Crippen molar-refractivity contribution >= 4 is 33.8 Å². The van der Waals surface area contributed by atoms with Crippen molar-refractivity contribution in [3.05, 3.63) is 64.7 Å². The number of hydrogen-bond acceptors (Lipinski definition) is 4. The SMILES string of the molecule is O=c1[nH]c2ccccc2nc1SCc1nc2ccccc2[nH]1. The summed E-state index contributed by atoms with van der Waals surface area (Å²) >= 11 is 1.38. The molecule has 0 aliphatic heterocycles. The molecule has 5 nitrogen and oxygen atoms in total. The zero-order valence-electron chi connectivity index (χ0n) is 11.5. The quantitative estimate of drug-likeness (QED) is 0.570. The van der Waals surface area contributed by atoms with Crippen LogP contribution < -0.4 is 5.56 Å². The molecule has 0 atom stereocenters. The number of imidazole rings is 1. The maximum Gasteiger partial charge on any atom is 0.280 e. The van der Waals surface area contributed by atoms with E-state index in [1.807, 2.05) is 48.5 Å². The fraction of sp³-hybridized carbons (Fsp3) is 0.0625. The predicted octanol–water partition coefficient (Wildman–Crippen LogP) is 3.09. The number of aromatic nitrogens is 4. The Morgan fingerprint density at radius 1 is 0.864 bits per heavy atom. The molecule has 4 rings (SSSR count). The first-order valence-corrected chi connectivity index (χ1v) is 7.84. The summed E-state index contributed by atoms with van der Waals surface area (Å²) < 4.78 is 0.